The number of aliphatic imine (C=N–C) groups is 1. The number of benzene rings is 2. The van der Waals surface area contributed by atoms with Crippen molar-refractivity contribution >= 4 is 52.4 Å². The van der Waals surface area contributed by atoms with Crippen molar-refractivity contribution in [2.75, 3.05) is 32.1 Å². The number of allylic oxidation sites excluding steroid dienone is 4. The molecule has 0 aromatic heterocycles. The Kier molecular flexibility index (Phi) is 18.1. The topological polar surface area (TPSA) is 260 Å². The lowest BCUT2D eigenvalue weighted by Crippen LogP contribution is -2.55. The lowest BCUT2D eigenvalue weighted by atomic mass is 9.74. The van der Waals surface area contributed by atoms with Gasteiger partial charge in [0.25, 0.3) is 11.7 Å². The highest BCUT2D eigenvalue weighted by atomic mass is 16.7. The van der Waals surface area contributed by atoms with Crippen LogP contribution in [0.2, 0.25) is 0 Å². The number of phenolic OH excluding ortho intramolecular Hbond substituents is 1. The van der Waals surface area contributed by atoms with E-state index in [1.165, 1.54) is 83.2 Å². The molecule has 19 nitrogen and oxygen atoms in total. The van der Waals surface area contributed by atoms with Gasteiger partial charge in [-0.3, -0.25) is 33.8 Å². The first-order valence-electron chi connectivity index (χ1n) is 27.2. The molecule has 1 aliphatic carbocycles. The fourth-order valence-corrected chi connectivity index (χ4v) is 11.5. The van der Waals surface area contributed by atoms with Gasteiger partial charge in [0.05, 0.1) is 47.3 Å². The van der Waals surface area contributed by atoms with Gasteiger partial charge in [0.15, 0.2) is 0 Å². The predicted molar refractivity (Wildman–Crippen MR) is 294 cm³/mol. The van der Waals surface area contributed by atoms with Crippen molar-refractivity contribution in [2.45, 2.75) is 139 Å². The zero-order valence-corrected chi connectivity index (χ0v) is 47.6. The van der Waals surface area contributed by atoms with E-state index in [9.17, 15) is 34.5 Å². The number of hydrogen-bond donors (Lipinski definition) is 5. The number of aliphatic hydroxyl groups excluding tert-OH is 2. The van der Waals surface area contributed by atoms with Crippen LogP contribution in [-0.2, 0) is 28.7 Å². The fraction of sp³-hybridized carbons (Fsp3) is 0.533. The van der Waals surface area contributed by atoms with Crippen LogP contribution in [0.25, 0.3) is 0 Å². The zero-order valence-electron chi connectivity index (χ0n) is 47.6. The number of likely N-dealkylation sites (tertiary alicyclic amines) is 1. The Morgan fingerprint density at radius 3 is 2.14 bits per heavy atom. The lowest BCUT2D eigenvalue weighted by molar-refractivity contribution is -0.130. The molecule has 2 aromatic carbocycles. The summed E-state index contributed by atoms with van der Waals surface area (Å²) in [5.74, 6) is -8.50. The minimum Gasteiger partial charge on any atom is -0.507 e. The highest BCUT2D eigenvalue weighted by Gasteiger charge is 2.58. The Bertz CT molecular complexity index is 2920. The number of phenols is 1. The van der Waals surface area contributed by atoms with Crippen molar-refractivity contribution in [3.8, 4) is 17.2 Å². The number of hydrogen-bond acceptors (Lipinski definition) is 16. The summed E-state index contributed by atoms with van der Waals surface area (Å²) in [4.78, 5) is 106. The van der Waals surface area contributed by atoms with E-state index in [1.807, 2.05) is 20.8 Å². The molecule has 0 saturated carbocycles. The van der Waals surface area contributed by atoms with E-state index in [0.29, 0.717) is 24.7 Å². The number of methoxy groups -OCH3 is 1. The smallest absolute Gasteiger partial charge is 0.421 e. The minimum atomic E-state index is -2.07. The van der Waals surface area contributed by atoms with Crippen LogP contribution < -0.4 is 20.1 Å². The first-order valence-corrected chi connectivity index (χ1v) is 27.2. The van der Waals surface area contributed by atoms with Crippen molar-refractivity contribution in [3.63, 3.8) is 0 Å². The first-order chi connectivity index (χ1) is 37.2. The van der Waals surface area contributed by atoms with Gasteiger partial charge in [0.2, 0.25) is 11.7 Å². The van der Waals surface area contributed by atoms with Crippen LogP contribution in [0, 0.1) is 48.3 Å². The van der Waals surface area contributed by atoms with Gasteiger partial charge in [-0.05, 0) is 88.1 Å². The molecule has 4 heterocycles. The van der Waals surface area contributed by atoms with Crippen molar-refractivity contribution in [2.24, 2.45) is 46.4 Å². The molecular formula is C60H77N5O14. The summed E-state index contributed by atoms with van der Waals surface area (Å²) < 4.78 is 24.6. The quantitative estimate of drug-likeness (QED) is 0.143. The number of nitrogens with zero attached hydrogens (tertiary/aromatic N) is 3. The number of ketones is 4. The number of Topliss-reactive ketones (excluding diaryl/α,β-unsaturated/α-hetero) is 4. The predicted octanol–water partition coefficient (Wildman–Crippen LogP) is 7.74. The van der Waals surface area contributed by atoms with E-state index in [1.54, 1.807) is 32.1 Å². The van der Waals surface area contributed by atoms with Gasteiger partial charge in [-0.15, -0.1) is 0 Å². The Balaban J connectivity index is 1.36. The third-order valence-electron chi connectivity index (χ3n) is 16.7. The highest BCUT2D eigenvalue weighted by molar-refractivity contribution is 6.35. The Morgan fingerprint density at radius 2 is 1.53 bits per heavy atom. The summed E-state index contributed by atoms with van der Waals surface area (Å²) in [6, 6.07) is 5.89. The average molecular weight is 1090 g/mol. The SMILES string of the molecule is COC1C=COC2(C)Oc3c(C)c(O)c4c(c3C2=O)C2=NC3(CCN(CC(C)C)CC3)N(C(=O)Oc3ccc(NC(=O)CCC(C(C)=O)C(C)=O)cc3)C2=C(NC(=O)C(C)=CC=CC(C)C(O)C(C)C(O)C(C)C(C)C1C)C4=O. The summed E-state index contributed by atoms with van der Waals surface area (Å²) in [6.07, 6.45) is 4.63. The number of fused-ring (bicyclic) bond motifs is 3. The largest absolute Gasteiger partial charge is 0.507 e. The fourth-order valence-electron chi connectivity index (χ4n) is 11.5. The number of carbonyl (C=O) groups is 7. The summed E-state index contributed by atoms with van der Waals surface area (Å²) in [5, 5.41) is 40.8. The van der Waals surface area contributed by atoms with Crippen molar-refractivity contribution in [1.82, 2.24) is 15.1 Å². The van der Waals surface area contributed by atoms with E-state index in [2.05, 4.69) is 29.4 Å². The Labute approximate surface area is 462 Å². The van der Waals surface area contributed by atoms with E-state index in [-0.39, 0.29) is 106 Å². The summed E-state index contributed by atoms with van der Waals surface area (Å²) in [5.41, 5.74) is -2.26. The van der Waals surface area contributed by atoms with Crippen molar-refractivity contribution in [1.29, 1.82) is 0 Å². The molecule has 7 rings (SSSR count). The molecule has 4 aliphatic heterocycles. The van der Waals surface area contributed by atoms with E-state index in [0.717, 1.165) is 6.54 Å². The molecular weight excluding hydrogens is 1010 g/mol. The number of aromatic hydroxyl groups is 1. The van der Waals surface area contributed by atoms with E-state index in [4.69, 9.17) is 23.9 Å². The molecule has 0 radical (unpaired) electrons. The van der Waals surface area contributed by atoms with Gasteiger partial charge < -0.3 is 49.8 Å². The maximum absolute atomic E-state index is 15.5. The van der Waals surface area contributed by atoms with Gasteiger partial charge in [-0.25, -0.2) is 9.69 Å². The number of carbonyl (C=O) groups excluding carboxylic acids is 7. The number of nitrogens with one attached hydrogen (secondary N) is 2. The molecule has 1 spiro atoms. The van der Waals surface area contributed by atoms with Crippen LogP contribution in [0.5, 0.6) is 17.2 Å². The van der Waals surface area contributed by atoms with Gasteiger partial charge in [0.1, 0.15) is 45.9 Å². The van der Waals surface area contributed by atoms with Crippen molar-refractivity contribution < 1.29 is 67.8 Å². The molecule has 5 bridgehead atoms. The Morgan fingerprint density at radius 1 is 0.886 bits per heavy atom. The molecule has 2 aromatic rings. The van der Waals surface area contributed by atoms with Gasteiger partial charge in [-0.2, -0.15) is 0 Å². The second-order valence-electron chi connectivity index (χ2n) is 22.7. The monoisotopic (exact) mass is 1090 g/mol. The molecule has 426 valence electrons. The van der Waals surface area contributed by atoms with E-state index >= 15 is 14.4 Å². The lowest BCUT2D eigenvalue weighted by Gasteiger charge is -2.43. The summed E-state index contributed by atoms with van der Waals surface area (Å²) >= 11 is 0. The van der Waals surface area contributed by atoms with E-state index < -0.39 is 88.4 Å². The van der Waals surface area contributed by atoms with Crippen LogP contribution >= 0.6 is 0 Å². The number of aliphatic hydroxyl groups is 2. The molecule has 19 heteroatoms. The second kappa shape index (κ2) is 23.9. The normalized spacial score (nSPS) is 27.4. The van der Waals surface area contributed by atoms with Crippen LogP contribution in [0.3, 0.4) is 0 Å². The van der Waals surface area contributed by atoms with Gasteiger partial charge in [-0.1, -0.05) is 66.7 Å². The summed E-state index contributed by atoms with van der Waals surface area (Å²) in [6.45, 7) is 22.3. The first kappa shape index (κ1) is 59.9. The highest BCUT2D eigenvalue weighted by Crippen LogP contribution is 2.53. The zero-order chi connectivity index (χ0) is 58.2. The van der Waals surface area contributed by atoms with Crippen LogP contribution in [0.1, 0.15) is 134 Å². The molecule has 9 atom stereocenters. The van der Waals surface area contributed by atoms with Crippen LogP contribution in [0.4, 0.5) is 10.5 Å². The minimum absolute atomic E-state index is 0.0263. The maximum Gasteiger partial charge on any atom is 0.421 e. The Hall–Kier alpha value is -6.80. The van der Waals surface area contributed by atoms with Gasteiger partial charge in [0, 0.05) is 87.2 Å². The molecule has 1 saturated heterocycles. The number of rotatable bonds is 10. The molecule has 9 unspecified atom stereocenters. The molecule has 3 amide bonds. The second-order valence-corrected chi connectivity index (χ2v) is 22.7. The van der Waals surface area contributed by atoms with Crippen LogP contribution in [-0.4, -0.2) is 128 Å². The summed E-state index contributed by atoms with van der Waals surface area (Å²) in [7, 11) is 1.53. The molecule has 5 aliphatic rings. The van der Waals surface area contributed by atoms with Crippen molar-refractivity contribution in [3.05, 3.63) is 94.1 Å². The van der Waals surface area contributed by atoms with Gasteiger partial charge >= 0.3 is 11.9 Å². The molecule has 5 N–H and O–H groups in total. The average Bonchev–Trinajstić information content (AvgIpc) is 4.03. The number of amides is 3. The molecule has 1 fully saturated rings. The number of piperidine rings is 1. The maximum atomic E-state index is 15.5. The number of ether oxygens (including phenoxy) is 4. The molecule has 79 heavy (non-hydrogen) atoms. The third-order valence-corrected chi connectivity index (χ3v) is 16.7. The number of anilines is 1. The van der Waals surface area contributed by atoms with Crippen LogP contribution in [0.15, 0.2) is 76.8 Å². The third kappa shape index (κ3) is 11.9. The standard InChI is InChI=1S/C60H77N5O14/c1-30(2)29-64-26-24-60(25-27-64)63-48-45-46-53(71)37(9)55-47(45)56(73)59(12,79-55)77-28-23-43(76-13)34(6)33(5)35(7)52(70)36(8)51(69)31(3)15-14-16-32(4)57(74)62-49(54(46)72)50(48)65(60)58(75)78-41-19-17-40(18-20-41)61-44(68)22-21-42(38(10)66)39(11)67/h14-20,23,28,30-31,33-36,42-43,51-52,69-71H,21-22,24-27,29H2,1-13H3,(H,61,68)(H,62,74).